The molecule has 0 bridgehead atoms. The van der Waals surface area contributed by atoms with Crippen LogP contribution in [0.3, 0.4) is 0 Å². The SMILES string of the molecule is CCc1nn(C)cc1-c1ccc(Cl)cc1C=O. The predicted octanol–water partition coefficient (Wildman–Crippen LogP) is 3.12. The molecule has 0 fully saturated rings. The molecule has 1 heterocycles. The van der Waals surface area contributed by atoms with Crippen molar-refractivity contribution in [3.63, 3.8) is 0 Å². The number of aromatic nitrogens is 2. The van der Waals surface area contributed by atoms with Gasteiger partial charge in [0.15, 0.2) is 6.29 Å². The smallest absolute Gasteiger partial charge is 0.150 e. The van der Waals surface area contributed by atoms with Gasteiger partial charge in [0.05, 0.1) is 5.69 Å². The van der Waals surface area contributed by atoms with Crippen molar-refractivity contribution in [2.24, 2.45) is 7.05 Å². The molecule has 0 saturated heterocycles. The number of benzene rings is 1. The summed E-state index contributed by atoms with van der Waals surface area (Å²) in [5.41, 5.74) is 3.46. The Hall–Kier alpha value is -1.61. The minimum Gasteiger partial charge on any atom is -0.298 e. The Morgan fingerprint density at radius 2 is 2.18 bits per heavy atom. The van der Waals surface area contributed by atoms with Crippen molar-refractivity contribution in [2.45, 2.75) is 13.3 Å². The van der Waals surface area contributed by atoms with Crippen LogP contribution in [-0.4, -0.2) is 16.1 Å². The van der Waals surface area contributed by atoms with Gasteiger partial charge in [-0.3, -0.25) is 9.48 Å². The number of hydrogen-bond acceptors (Lipinski definition) is 2. The normalized spacial score (nSPS) is 10.5. The highest BCUT2D eigenvalue weighted by molar-refractivity contribution is 6.31. The lowest BCUT2D eigenvalue weighted by Crippen LogP contribution is -1.91. The first-order valence-electron chi connectivity index (χ1n) is 5.43. The molecule has 0 radical (unpaired) electrons. The van der Waals surface area contributed by atoms with E-state index >= 15 is 0 Å². The Morgan fingerprint density at radius 1 is 1.41 bits per heavy atom. The minimum absolute atomic E-state index is 0.567. The van der Waals surface area contributed by atoms with Crippen LogP contribution in [-0.2, 0) is 13.5 Å². The fourth-order valence-corrected chi connectivity index (χ4v) is 2.08. The Balaban J connectivity index is 2.63. The van der Waals surface area contributed by atoms with E-state index in [2.05, 4.69) is 5.10 Å². The summed E-state index contributed by atoms with van der Waals surface area (Å²) in [6, 6.07) is 5.33. The van der Waals surface area contributed by atoms with Gasteiger partial charge in [0.1, 0.15) is 0 Å². The van der Waals surface area contributed by atoms with Gasteiger partial charge in [-0.2, -0.15) is 5.10 Å². The quantitative estimate of drug-likeness (QED) is 0.783. The van der Waals surface area contributed by atoms with Crippen LogP contribution in [0, 0.1) is 0 Å². The largest absolute Gasteiger partial charge is 0.298 e. The molecule has 0 spiro atoms. The molecule has 2 rings (SSSR count). The molecule has 1 aromatic heterocycles. The maximum atomic E-state index is 11.1. The van der Waals surface area contributed by atoms with E-state index < -0.39 is 0 Å². The first-order chi connectivity index (χ1) is 8.15. The summed E-state index contributed by atoms with van der Waals surface area (Å²) < 4.78 is 1.76. The molecule has 4 heteroatoms. The average Bonchev–Trinajstić information content (AvgIpc) is 2.70. The second-order valence-electron chi connectivity index (χ2n) is 3.87. The van der Waals surface area contributed by atoms with Crippen LogP contribution in [0.2, 0.25) is 5.02 Å². The molecule has 3 nitrogen and oxygen atoms in total. The lowest BCUT2D eigenvalue weighted by atomic mass is 10.0. The highest BCUT2D eigenvalue weighted by Gasteiger charge is 2.12. The van der Waals surface area contributed by atoms with Gasteiger partial charge in [-0.1, -0.05) is 24.6 Å². The van der Waals surface area contributed by atoms with Gasteiger partial charge in [0.25, 0.3) is 0 Å². The van der Waals surface area contributed by atoms with Gasteiger partial charge in [-0.15, -0.1) is 0 Å². The van der Waals surface area contributed by atoms with Gasteiger partial charge in [0, 0.05) is 29.4 Å². The van der Waals surface area contributed by atoms with Crippen LogP contribution in [0.5, 0.6) is 0 Å². The second-order valence-corrected chi connectivity index (χ2v) is 4.30. The van der Waals surface area contributed by atoms with E-state index in [0.717, 1.165) is 29.5 Å². The molecule has 0 unspecified atom stereocenters. The fraction of sp³-hybridized carbons (Fsp3) is 0.231. The Labute approximate surface area is 105 Å². The lowest BCUT2D eigenvalue weighted by molar-refractivity contribution is 0.112. The molecule has 0 atom stereocenters. The van der Waals surface area contributed by atoms with Crippen LogP contribution >= 0.6 is 11.6 Å². The van der Waals surface area contributed by atoms with E-state index in [1.165, 1.54) is 0 Å². The van der Waals surface area contributed by atoms with Gasteiger partial charge < -0.3 is 0 Å². The Kier molecular flexibility index (Phi) is 3.29. The van der Waals surface area contributed by atoms with Crippen molar-refractivity contribution in [1.29, 1.82) is 0 Å². The number of halogens is 1. The summed E-state index contributed by atoms with van der Waals surface area (Å²) in [4.78, 5) is 11.1. The van der Waals surface area contributed by atoms with Crippen LogP contribution in [0.1, 0.15) is 23.0 Å². The van der Waals surface area contributed by atoms with E-state index in [1.807, 2.05) is 26.2 Å². The number of rotatable bonds is 3. The summed E-state index contributed by atoms with van der Waals surface area (Å²) in [6.07, 6.45) is 3.58. The third kappa shape index (κ3) is 2.24. The molecular weight excluding hydrogens is 236 g/mol. The van der Waals surface area contributed by atoms with Gasteiger partial charge in [-0.25, -0.2) is 0 Å². The van der Waals surface area contributed by atoms with E-state index in [-0.39, 0.29) is 0 Å². The minimum atomic E-state index is 0.567. The summed E-state index contributed by atoms with van der Waals surface area (Å²) in [5, 5.41) is 4.94. The molecule has 0 amide bonds. The van der Waals surface area contributed by atoms with Crippen molar-refractivity contribution in [1.82, 2.24) is 9.78 Å². The van der Waals surface area contributed by atoms with E-state index in [0.29, 0.717) is 10.6 Å². The summed E-state index contributed by atoms with van der Waals surface area (Å²) >= 11 is 5.88. The summed E-state index contributed by atoms with van der Waals surface area (Å²) in [7, 11) is 1.87. The molecule has 0 saturated carbocycles. The van der Waals surface area contributed by atoms with Crippen LogP contribution in [0.15, 0.2) is 24.4 Å². The molecule has 0 aliphatic heterocycles. The monoisotopic (exact) mass is 248 g/mol. The average molecular weight is 249 g/mol. The van der Waals surface area contributed by atoms with Gasteiger partial charge >= 0.3 is 0 Å². The maximum absolute atomic E-state index is 11.1. The lowest BCUT2D eigenvalue weighted by Gasteiger charge is -2.04. The molecule has 17 heavy (non-hydrogen) atoms. The highest BCUT2D eigenvalue weighted by Crippen LogP contribution is 2.28. The van der Waals surface area contributed by atoms with Crippen molar-refractivity contribution in [3.8, 4) is 11.1 Å². The van der Waals surface area contributed by atoms with E-state index in [1.54, 1.807) is 16.8 Å². The topological polar surface area (TPSA) is 34.9 Å². The van der Waals surface area contributed by atoms with Crippen molar-refractivity contribution in [3.05, 3.63) is 40.7 Å². The summed E-state index contributed by atoms with van der Waals surface area (Å²) in [6.45, 7) is 2.04. The zero-order valence-electron chi connectivity index (χ0n) is 9.77. The molecule has 2 aromatic rings. The molecule has 0 aliphatic rings. The van der Waals surface area contributed by atoms with Crippen molar-refractivity contribution >= 4 is 17.9 Å². The third-order valence-electron chi connectivity index (χ3n) is 2.67. The summed E-state index contributed by atoms with van der Waals surface area (Å²) in [5.74, 6) is 0. The number of carbonyl (C=O) groups is 1. The number of hydrogen-bond donors (Lipinski definition) is 0. The van der Waals surface area contributed by atoms with Crippen molar-refractivity contribution in [2.75, 3.05) is 0 Å². The van der Waals surface area contributed by atoms with Crippen LogP contribution in [0.4, 0.5) is 0 Å². The Morgan fingerprint density at radius 3 is 2.82 bits per heavy atom. The molecule has 0 aliphatic carbocycles. The number of aryl methyl sites for hydroxylation is 2. The zero-order chi connectivity index (χ0) is 12.4. The maximum Gasteiger partial charge on any atom is 0.150 e. The molecule has 88 valence electrons. The number of carbonyl (C=O) groups excluding carboxylic acids is 1. The van der Waals surface area contributed by atoms with Crippen molar-refractivity contribution < 1.29 is 4.79 Å². The van der Waals surface area contributed by atoms with E-state index in [4.69, 9.17) is 11.6 Å². The molecule has 1 aromatic carbocycles. The standard InChI is InChI=1S/C13H13ClN2O/c1-3-13-12(7-16(2)15-13)11-5-4-10(14)6-9(11)8-17/h4-8H,3H2,1-2H3. The van der Waals surface area contributed by atoms with Crippen LogP contribution < -0.4 is 0 Å². The first kappa shape index (κ1) is 11.9. The second kappa shape index (κ2) is 4.72. The molecular formula is C13H13ClN2O. The first-order valence-corrected chi connectivity index (χ1v) is 5.81. The fourth-order valence-electron chi connectivity index (χ4n) is 1.90. The van der Waals surface area contributed by atoms with Gasteiger partial charge in [-0.05, 0) is 24.1 Å². The van der Waals surface area contributed by atoms with Gasteiger partial charge in [0.2, 0.25) is 0 Å². The zero-order valence-corrected chi connectivity index (χ0v) is 10.5. The van der Waals surface area contributed by atoms with E-state index in [9.17, 15) is 4.79 Å². The number of nitrogens with zero attached hydrogens (tertiary/aromatic N) is 2. The highest BCUT2D eigenvalue weighted by atomic mass is 35.5. The molecule has 0 N–H and O–H groups in total. The predicted molar refractivity (Wildman–Crippen MR) is 68.4 cm³/mol. The van der Waals surface area contributed by atoms with Crippen LogP contribution in [0.25, 0.3) is 11.1 Å². The third-order valence-corrected chi connectivity index (χ3v) is 2.91. The Bertz CT molecular complexity index is 561. The number of aldehydes is 1.